The number of aryl methyl sites for hydroxylation is 1. The largest absolute Gasteiger partial charge is 0.344 e. The Hall–Kier alpha value is -1.63. The highest BCUT2D eigenvalue weighted by Gasteiger charge is 2.36. The first kappa shape index (κ1) is 14.3. The Morgan fingerprint density at radius 2 is 2.24 bits per heavy atom. The third kappa shape index (κ3) is 3.18. The molecule has 1 aromatic rings. The number of likely N-dealkylation sites (N-methyl/N-ethyl adjacent to an activating group) is 1. The van der Waals surface area contributed by atoms with Crippen LogP contribution in [0, 0.1) is 12.8 Å². The molecule has 2 atom stereocenters. The number of carbonyl (C=O) groups is 2. The zero-order valence-corrected chi connectivity index (χ0v) is 13.1. The van der Waals surface area contributed by atoms with Crippen LogP contribution in [0.15, 0.2) is 5.38 Å². The van der Waals surface area contributed by atoms with Crippen LogP contribution in [0.3, 0.4) is 0 Å². The average molecular weight is 308 g/mol. The highest BCUT2D eigenvalue weighted by atomic mass is 32.1. The molecule has 1 aliphatic heterocycles. The van der Waals surface area contributed by atoms with Gasteiger partial charge in [-0.25, -0.2) is 9.78 Å². The van der Waals surface area contributed by atoms with Crippen LogP contribution in [-0.2, 0) is 4.79 Å². The van der Waals surface area contributed by atoms with E-state index in [1.165, 1.54) is 0 Å². The van der Waals surface area contributed by atoms with Crippen molar-refractivity contribution in [1.29, 1.82) is 0 Å². The maximum absolute atomic E-state index is 12.2. The summed E-state index contributed by atoms with van der Waals surface area (Å²) in [5.41, 5.74) is 0.982. The smallest absolute Gasteiger partial charge is 0.316 e. The Labute approximate surface area is 127 Å². The van der Waals surface area contributed by atoms with Gasteiger partial charge >= 0.3 is 6.03 Å². The fourth-order valence-corrected chi connectivity index (χ4v) is 3.56. The zero-order chi connectivity index (χ0) is 15.0. The van der Waals surface area contributed by atoms with E-state index in [-0.39, 0.29) is 18.0 Å². The molecule has 2 aliphatic rings. The lowest BCUT2D eigenvalue weighted by Crippen LogP contribution is -2.46. The normalized spacial score (nSPS) is 23.2. The van der Waals surface area contributed by atoms with E-state index in [1.807, 2.05) is 12.3 Å². The molecule has 0 bridgehead atoms. The Kier molecular flexibility index (Phi) is 3.84. The number of rotatable bonds is 4. The molecule has 0 radical (unpaired) electrons. The van der Waals surface area contributed by atoms with Crippen molar-refractivity contribution in [3.63, 3.8) is 0 Å². The molecular weight excluding hydrogens is 288 g/mol. The Balaban J connectivity index is 1.61. The second-order valence-corrected chi connectivity index (χ2v) is 6.75. The molecule has 0 spiro atoms. The van der Waals surface area contributed by atoms with Crippen LogP contribution in [0.25, 0.3) is 0 Å². The van der Waals surface area contributed by atoms with Crippen molar-refractivity contribution in [3.8, 4) is 0 Å². The van der Waals surface area contributed by atoms with Crippen LogP contribution in [0.1, 0.15) is 36.0 Å². The summed E-state index contributed by atoms with van der Waals surface area (Å²) in [6.07, 6.45) is 2.91. The van der Waals surface area contributed by atoms with Crippen molar-refractivity contribution < 1.29 is 9.59 Å². The van der Waals surface area contributed by atoms with Crippen LogP contribution >= 0.6 is 11.3 Å². The number of aromatic nitrogens is 1. The number of thiazole rings is 1. The van der Waals surface area contributed by atoms with Gasteiger partial charge in [-0.05, 0) is 32.1 Å². The summed E-state index contributed by atoms with van der Waals surface area (Å²) >= 11 is 1.58. The monoisotopic (exact) mass is 308 g/mol. The lowest BCUT2D eigenvalue weighted by atomic mass is 10.2. The molecule has 2 N–H and O–H groups in total. The summed E-state index contributed by atoms with van der Waals surface area (Å²) in [6.45, 7) is 2.65. The van der Waals surface area contributed by atoms with E-state index in [0.717, 1.165) is 23.5 Å². The van der Waals surface area contributed by atoms with Gasteiger partial charge in [0, 0.05) is 24.7 Å². The van der Waals surface area contributed by atoms with E-state index in [0.29, 0.717) is 18.9 Å². The van der Waals surface area contributed by atoms with Gasteiger partial charge in [0.05, 0.1) is 6.04 Å². The van der Waals surface area contributed by atoms with Gasteiger partial charge in [0.1, 0.15) is 11.0 Å². The predicted octanol–water partition coefficient (Wildman–Crippen LogP) is 1.43. The number of nitrogens with one attached hydrogen (secondary N) is 2. The maximum Gasteiger partial charge on any atom is 0.316 e. The number of likely N-dealkylation sites (tertiary alicyclic amines) is 1. The molecule has 2 heterocycles. The van der Waals surface area contributed by atoms with E-state index < -0.39 is 6.04 Å². The molecule has 114 valence electrons. The fourth-order valence-electron chi connectivity index (χ4n) is 2.62. The standard InChI is InChI=1S/C14H20N4O2S/c1-8-7-21-12(15-8)11(9-3-4-9)17-14(20)16-10-5-6-18(2)13(10)19/h7,9-11H,3-6H2,1-2H3,(H2,16,17,20). The molecule has 7 heteroatoms. The number of nitrogens with zero attached hydrogens (tertiary/aromatic N) is 2. The number of urea groups is 1. The van der Waals surface area contributed by atoms with E-state index >= 15 is 0 Å². The summed E-state index contributed by atoms with van der Waals surface area (Å²) in [7, 11) is 1.76. The van der Waals surface area contributed by atoms with Gasteiger partial charge in [0.25, 0.3) is 0 Å². The third-order valence-electron chi connectivity index (χ3n) is 4.02. The van der Waals surface area contributed by atoms with Crippen molar-refractivity contribution in [2.24, 2.45) is 5.92 Å². The number of amides is 3. The molecule has 1 aromatic heterocycles. The van der Waals surface area contributed by atoms with Gasteiger partial charge in [-0.1, -0.05) is 0 Å². The quantitative estimate of drug-likeness (QED) is 0.883. The van der Waals surface area contributed by atoms with Crippen molar-refractivity contribution in [2.45, 2.75) is 38.3 Å². The minimum absolute atomic E-state index is 0.0155. The van der Waals surface area contributed by atoms with Gasteiger partial charge in [0.2, 0.25) is 5.91 Å². The summed E-state index contributed by atoms with van der Waals surface area (Å²) < 4.78 is 0. The maximum atomic E-state index is 12.2. The molecule has 21 heavy (non-hydrogen) atoms. The molecule has 2 unspecified atom stereocenters. The molecule has 1 saturated heterocycles. The van der Waals surface area contributed by atoms with Crippen molar-refractivity contribution in [3.05, 3.63) is 16.1 Å². The van der Waals surface area contributed by atoms with E-state index in [4.69, 9.17) is 0 Å². The summed E-state index contributed by atoms with van der Waals surface area (Å²) in [5, 5.41) is 8.74. The van der Waals surface area contributed by atoms with Crippen molar-refractivity contribution in [1.82, 2.24) is 20.5 Å². The van der Waals surface area contributed by atoms with Gasteiger partial charge in [-0.3, -0.25) is 4.79 Å². The number of hydrogen-bond acceptors (Lipinski definition) is 4. The molecular formula is C14H20N4O2S. The highest BCUT2D eigenvalue weighted by Crippen LogP contribution is 2.41. The summed E-state index contributed by atoms with van der Waals surface area (Å²) in [4.78, 5) is 30.1. The summed E-state index contributed by atoms with van der Waals surface area (Å²) in [5.74, 6) is 0.460. The second kappa shape index (κ2) is 5.63. The molecule has 2 fully saturated rings. The van der Waals surface area contributed by atoms with E-state index in [9.17, 15) is 9.59 Å². The zero-order valence-electron chi connectivity index (χ0n) is 12.3. The van der Waals surface area contributed by atoms with Crippen molar-refractivity contribution in [2.75, 3.05) is 13.6 Å². The Morgan fingerprint density at radius 1 is 1.48 bits per heavy atom. The highest BCUT2D eigenvalue weighted by molar-refractivity contribution is 7.09. The fraction of sp³-hybridized carbons (Fsp3) is 0.643. The lowest BCUT2D eigenvalue weighted by molar-refractivity contribution is -0.128. The SMILES string of the molecule is Cc1csc(C(NC(=O)NC2CCN(C)C2=O)C2CC2)n1. The van der Waals surface area contributed by atoms with Gasteiger partial charge in [-0.15, -0.1) is 11.3 Å². The second-order valence-electron chi connectivity index (χ2n) is 5.86. The van der Waals surface area contributed by atoms with Crippen LogP contribution in [0.4, 0.5) is 4.79 Å². The third-order valence-corrected chi connectivity index (χ3v) is 5.06. The average Bonchev–Trinajstić information content (AvgIpc) is 3.14. The summed E-state index contributed by atoms with van der Waals surface area (Å²) in [6, 6.07) is -0.695. The minimum atomic E-state index is -0.395. The van der Waals surface area contributed by atoms with Crippen LogP contribution in [-0.4, -0.2) is 41.5 Å². The first-order valence-electron chi connectivity index (χ1n) is 7.28. The van der Waals surface area contributed by atoms with E-state index in [1.54, 1.807) is 23.3 Å². The van der Waals surface area contributed by atoms with Crippen molar-refractivity contribution >= 4 is 23.3 Å². The van der Waals surface area contributed by atoms with E-state index in [2.05, 4.69) is 15.6 Å². The van der Waals surface area contributed by atoms with Crippen LogP contribution < -0.4 is 10.6 Å². The predicted molar refractivity (Wildman–Crippen MR) is 80.0 cm³/mol. The molecule has 1 saturated carbocycles. The first-order valence-corrected chi connectivity index (χ1v) is 8.16. The van der Waals surface area contributed by atoms with Crippen LogP contribution in [0.2, 0.25) is 0 Å². The van der Waals surface area contributed by atoms with Gasteiger partial charge < -0.3 is 15.5 Å². The molecule has 0 aromatic carbocycles. The molecule has 1 aliphatic carbocycles. The van der Waals surface area contributed by atoms with Gasteiger partial charge in [0.15, 0.2) is 0 Å². The molecule has 3 amide bonds. The molecule has 3 rings (SSSR count). The van der Waals surface area contributed by atoms with Gasteiger partial charge in [-0.2, -0.15) is 0 Å². The topological polar surface area (TPSA) is 74.3 Å². The Bertz CT molecular complexity index is 555. The Morgan fingerprint density at radius 3 is 2.76 bits per heavy atom. The first-order chi connectivity index (χ1) is 10.0. The number of hydrogen-bond donors (Lipinski definition) is 2. The lowest BCUT2D eigenvalue weighted by Gasteiger charge is -2.18. The number of carbonyl (C=O) groups excluding carboxylic acids is 2. The minimum Gasteiger partial charge on any atom is -0.344 e. The molecule has 6 nitrogen and oxygen atoms in total. The van der Waals surface area contributed by atoms with Crippen LogP contribution in [0.5, 0.6) is 0 Å².